The van der Waals surface area contributed by atoms with Crippen molar-refractivity contribution in [1.82, 2.24) is 9.97 Å². The highest BCUT2D eigenvalue weighted by Crippen LogP contribution is 2.25. The molecule has 0 atom stereocenters. The van der Waals surface area contributed by atoms with Gasteiger partial charge in [0.1, 0.15) is 12.0 Å². The second-order valence-corrected chi connectivity index (χ2v) is 4.90. The Kier molecular flexibility index (Phi) is 6.15. The summed E-state index contributed by atoms with van der Waals surface area (Å²) in [6.45, 7) is 4.59. The van der Waals surface area contributed by atoms with E-state index in [2.05, 4.69) is 21.2 Å². The lowest BCUT2D eigenvalue weighted by atomic mass is 10.4. The van der Waals surface area contributed by atoms with Crippen molar-refractivity contribution in [3.05, 3.63) is 6.33 Å². The number of hydrogen-bond acceptors (Lipinski definition) is 6. The summed E-state index contributed by atoms with van der Waals surface area (Å²) in [4.78, 5) is 8.09. The van der Waals surface area contributed by atoms with Gasteiger partial charge in [0.2, 0.25) is 5.88 Å². The van der Waals surface area contributed by atoms with Crippen LogP contribution in [0.1, 0.15) is 13.8 Å². The third kappa shape index (κ3) is 4.72. The molecule has 0 fully saturated rings. The Hall–Kier alpha value is -1.61. The van der Waals surface area contributed by atoms with E-state index in [0.29, 0.717) is 23.1 Å². The standard InChI is InChI=1S/C12H18N4OS/c1-4-6-18-7-5-14-11-10(13)12(16-8-15-11)17-9(2)3/h1,8-9H,5-7,13H2,2-3H3,(H,14,15,16). The number of nitrogens with two attached hydrogens (primary N) is 1. The van der Waals surface area contributed by atoms with Crippen molar-refractivity contribution in [2.75, 3.05) is 29.1 Å². The normalized spacial score (nSPS) is 10.1. The topological polar surface area (TPSA) is 73.1 Å². The van der Waals surface area contributed by atoms with Crippen molar-refractivity contribution in [3.8, 4) is 18.2 Å². The number of ether oxygens (including phenoxy) is 1. The molecule has 0 aliphatic heterocycles. The summed E-state index contributed by atoms with van der Waals surface area (Å²) in [6.07, 6.45) is 6.63. The number of aromatic nitrogens is 2. The Labute approximate surface area is 112 Å². The number of thioether (sulfide) groups is 1. The molecule has 0 spiro atoms. The SMILES string of the molecule is C#CCSCCNc1ncnc(OC(C)C)c1N. The smallest absolute Gasteiger partial charge is 0.242 e. The van der Waals surface area contributed by atoms with E-state index in [1.807, 2.05) is 13.8 Å². The van der Waals surface area contributed by atoms with Crippen LogP contribution in [0, 0.1) is 12.3 Å². The van der Waals surface area contributed by atoms with Crippen LogP contribution in [0.3, 0.4) is 0 Å². The van der Waals surface area contributed by atoms with Crippen LogP contribution in [-0.4, -0.2) is 34.1 Å². The van der Waals surface area contributed by atoms with Gasteiger partial charge in [-0.05, 0) is 13.8 Å². The third-order valence-corrected chi connectivity index (χ3v) is 2.78. The number of hydrogen-bond donors (Lipinski definition) is 2. The first-order chi connectivity index (χ1) is 8.65. The van der Waals surface area contributed by atoms with E-state index in [4.69, 9.17) is 16.9 Å². The maximum atomic E-state index is 5.92. The fourth-order valence-corrected chi connectivity index (χ4v) is 1.72. The number of anilines is 2. The molecule has 1 aromatic heterocycles. The number of nitrogens with one attached hydrogen (secondary N) is 1. The number of nitrogen functional groups attached to an aromatic ring is 1. The van der Waals surface area contributed by atoms with E-state index in [-0.39, 0.29) is 6.10 Å². The Morgan fingerprint density at radius 3 is 3.00 bits per heavy atom. The molecule has 98 valence electrons. The molecule has 0 radical (unpaired) electrons. The van der Waals surface area contributed by atoms with Crippen molar-refractivity contribution in [2.24, 2.45) is 0 Å². The molecule has 5 nitrogen and oxygen atoms in total. The minimum atomic E-state index is 0.0289. The van der Waals surface area contributed by atoms with E-state index in [0.717, 1.165) is 12.3 Å². The molecule has 0 aliphatic carbocycles. The third-order valence-electron chi connectivity index (χ3n) is 1.92. The molecule has 0 saturated heterocycles. The maximum Gasteiger partial charge on any atom is 0.242 e. The lowest BCUT2D eigenvalue weighted by Gasteiger charge is -2.13. The van der Waals surface area contributed by atoms with Gasteiger partial charge in [-0.2, -0.15) is 4.98 Å². The summed E-state index contributed by atoms with van der Waals surface area (Å²) in [5.41, 5.74) is 6.36. The maximum absolute atomic E-state index is 5.92. The molecule has 6 heteroatoms. The van der Waals surface area contributed by atoms with Crippen LogP contribution in [0.4, 0.5) is 11.5 Å². The van der Waals surface area contributed by atoms with Gasteiger partial charge < -0.3 is 15.8 Å². The molecule has 0 unspecified atom stereocenters. The van der Waals surface area contributed by atoms with Crippen molar-refractivity contribution >= 4 is 23.3 Å². The summed E-state index contributed by atoms with van der Waals surface area (Å²) >= 11 is 1.68. The van der Waals surface area contributed by atoms with Crippen LogP contribution < -0.4 is 15.8 Å². The molecule has 0 saturated carbocycles. The lowest BCUT2D eigenvalue weighted by molar-refractivity contribution is 0.234. The van der Waals surface area contributed by atoms with Crippen LogP contribution >= 0.6 is 11.8 Å². The monoisotopic (exact) mass is 266 g/mol. The van der Waals surface area contributed by atoms with Gasteiger partial charge in [-0.25, -0.2) is 4.98 Å². The van der Waals surface area contributed by atoms with Crippen LogP contribution in [-0.2, 0) is 0 Å². The molecular formula is C12H18N4OS. The molecule has 1 heterocycles. The van der Waals surface area contributed by atoms with Crippen LogP contribution in [0.25, 0.3) is 0 Å². The summed E-state index contributed by atoms with van der Waals surface area (Å²) in [5, 5.41) is 3.14. The van der Waals surface area contributed by atoms with Gasteiger partial charge in [-0.1, -0.05) is 5.92 Å². The van der Waals surface area contributed by atoms with Gasteiger partial charge in [0.05, 0.1) is 11.9 Å². The second kappa shape index (κ2) is 7.67. The Morgan fingerprint density at radius 2 is 2.33 bits per heavy atom. The van der Waals surface area contributed by atoms with E-state index < -0.39 is 0 Å². The van der Waals surface area contributed by atoms with E-state index in [1.165, 1.54) is 6.33 Å². The van der Waals surface area contributed by atoms with Gasteiger partial charge in [0, 0.05) is 12.3 Å². The van der Waals surface area contributed by atoms with Gasteiger partial charge in [-0.3, -0.25) is 0 Å². The van der Waals surface area contributed by atoms with E-state index in [1.54, 1.807) is 11.8 Å². The molecule has 1 rings (SSSR count). The molecule has 0 amide bonds. The second-order valence-electron chi connectivity index (χ2n) is 3.79. The quantitative estimate of drug-likeness (QED) is 0.577. The molecule has 1 aromatic rings. The van der Waals surface area contributed by atoms with Gasteiger partial charge in [0.25, 0.3) is 0 Å². The summed E-state index contributed by atoms with van der Waals surface area (Å²) in [6, 6.07) is 0. The highest BCUT2D eigenvalue weighted by atomic mass is 32.2. The zero-order chi connectivity index (χ0) is 13.4. The average Bonchev–Trinajstić information content (AvgIpc) is 2.33. The molecular weight excluding hydrogens is 248 g/mol. The largest absolute Gasteiger partial charge is 0.473 e. The highest BCUT2D eigenvalue weighted by Gasteiger charge is 2.09. The minimum absolute atomic E-state index is 0.0289. The predicted octanol–water partition coefficient (Wildman–Crippen LogP) is 1.62. The zero-order valence-corrected chi connectivity index (χ0v) is 11.5. The van der Waals surface area contributed by atoms with Gasteiger partial charge in [-0.15, -0.1) is 18.2 Å². The average molecular weight is 266 g/mol. The number of rotatable bonds is 7. The summed E-state index contributed by atoms with van der Waals surface area (Å²) in [5.74, 6) is 5.20. The first kappa shape index (κ1) is 14.5. The van der Waals surface area contributed by atoms with Crippen LogP contribution in [0.5, 0.6) is 5.88 Å². The van der Waals surface area contributed by atoms with Crippen molar-refractivity contribution in [2.45, 2.75) is 20.0 Å². The lowest BCUT2D eigenvalue weighted by Crippen LogP contribution is -2.13. The zero-order valence-electron chi connectivity index (χ0n) is 10.6. The summed E-state index contributed by atoms with van der Waals surface area (Å²) in [7, 11) is 0. The molecule has 18 heavy (non-hydrogen) atoms. The van der Waals surface area contributed by atoms with E-state index >= 15 is 0 Å². The minimum Gasteiger partial charge on any atom is -0.473 e. The van der Waals surface area contributed by atoms with Crippen molar-refractivity contribution in [3.63, 3.8) is 0 Å². The van der Waals surface area contributed by atoms with Gasteiger partial charge in [0.15, 0.2) is 5.82 Å². The fourth-order valence-electron chi connectivity index (χ4n) is 1.21. The molecule has 3 N–H and O–H groups in total. The summed E-state index contributed by atoms with van der Waals surface area (Å²) < 4.78 is 5.48. The van der Waals surface area contributed by atoms with Crippen LogP contribution in [0.2, 0.25) is 0 Å². The first-order valence-electron chi connectivity index (χ1n) is 5.67. The Morgan fingerprint density at radius 1 is 1.56 bits per heavy atom. The molecule has 0 aromatic carbocycles. The fraction of sp³-hybridized carbons (Fsp3) is 0.500. The Bertz CT molecular complexity index is 417. The Balaban J connectivity index is 2.53. The highest BCUT2D eigenvalue weighted by molar-refractivity contribution is 7.99. The predicted molar refractivity (Wildman–Crippen MR) is 76.9 cm³/mol. The molecule has 0 aliphatic rings. The van der Waals surface area contributed by atoms with Crippen LogP contribution in [0.15, 0.2) is 6.33 Å². The van der Waals surface area contributed by atoms with Gasteiger partial charge >= 0.3 is 0 Å². The van der Waals surface area contributed by atoms with Crippen molar-refractivity contribution < 1.29 is 4.74 Å². The van der Waals surface area contributed by atoms with Crippen molar-refractivity contribution in [1.29, 1.82) is 0 Å². The number of nitrogens with zero attached hydrogens (tertiary/aromatic N) is 2. The van der Waals surface area contributed by atoms with E-state index in [9.17, 15) is 0 Å². The number of terminal acetylenes is 1. The first-order valence-corrected chi connectivity index (χ1v) is 6.82. The molecule has 0 bridgehead atoms.